The van der Waals surface area contributed by atoms with Crippen molar-refractivity contribution in [2.75, 3.05) is 26.4 Å². The first-order valence-corrected chi connectivity index (χ1v) is 10.8. The van der Waals surface area contributed by atoms with Crippen LogP contribution in [-0.4, -0.2) is 32.2 Å². The van der Waals surface area contributed by atoms with Crippen molar-refractivity contribution in [2.45, 2.75) is 33.6 Å². The van der Waals surface area contributed by atoms with Gasteiger partial charge in [0.05, 0.1) is 13.2 Å². The summed E-state index contributed by atoms with van der Waals surface area (Å²) in [7, 11) is 0. The Bertz CT molecular complexity index is 879. The van der Waals surface area contributed by atoms with E-state index in [9.17, 15) is 18.0 Å². The monoisotopic (exact) mass is 534 g/mol. The van der Waals surface area contributed by atoms with Crippen molar-refractivity contribution >= 4 is 28.4 Å². The molecule has 0 aliphatic carbocycles. The number of hydrogen-bond acceptors (Lipinski definition) is 3. The normalized spacial score (nSPS) is 11.7. The Labute approximate surface area is 189 Å². The largest absolute Gasteiger partial charge is 0.379 e. The smallest absolute Gasteiger partial charge is 0.188 e. The van der Waals surface area contributed by atoms with Crippen molar-refractivity contribution in [3.63, 3.8) is 0 Å². The zero-order chi connectivity index (χ0) is 22.3. The molecular weight excluding hydrogens is 508 g/mol. The average molecular weight is 534 g/mol. The summed E-state index contributed by atoms with van der Waals surface area (Å²) in [4.78, 5) is 12.5. The van der Waals surface area contributed by atoms with Crippen LogP contribution in [0.25, 0.3) is 0 Å². The molecule has 3 nitrogen and oxygen atoms in total. The second kappa shape index (κ2) is 11.2. The van der Waals surface area contributed by atoms with Crippen LogP contribution in [0.3, 0.4) is 0 Å². The van der Waals surface area contributed by atoms with Crippen LogP contribution in [0.15, 0.2) is 30.3 Å². The summed E-state index contributed by atoms with van der Waals surface area (Å²) in [5, 5.41) is 0. The van der Waals surface area contributed by atoms with Gasteiger partial charge in [-0.05, 0) is 64.3 Å². The molecule has 2 rings (SSSR count). The van der Waals surface area contributed by atoms with Crippen molar-refractivity contribution in [1.29, 1.82) is 0 Å². The number of ether oxygens (including phenoxy) is 2. The summed E-state index contributed by atoms with van der Waals surface area (Å²) in [6, 6.07) is 6.58. The lowest BCUT2D eigenvalue weighted by molar-refractivity contribution is 0.0373. The van der Waals surface area contributed by atoms with E-state index in [1.165, 1.54) is 18.2 Å². The molecule has 2 aromatic rings. The highest BCUT2D eigenvalue weighted by Crippen LogP contribution is 2.23. The van der Waals surface area contributed by atoms with E-state index in [0.717, 1.165) is 12.5 Å². The minimum Gasteiger partial charge on any atom is -0.379 e. The van der Waals surface area contributed by atoms with Gasteiger partial charge < -0.3 is 9.47 Å². The van der Waals surface area contributed by atoms with Crippen LogP contribution in [0.4, 0.5) is 13.2 Å². The Morgan fingerprint density at radius 3 is 2.33 bits per heavy atom. The van der Waals surface area contributed by atoms with E-state index in [4.69, 9.17) is 9.47 Å². The van der Waals surface area contributed by atoms with Crippen LogP contribution in [0.5, 0.6) is 0 Å². The maximum absolute atomic E-state index is 14.4. The highest BCUT2D eigenvalue weighted by atomic mass is 127. The Morgan fingerprint density at radius 2 is 1.67 bits per heavy atom. The van der Waals surface area contributed by atoms with Gasteiger partial charge in [-0.25, -0.2) is 13.2 Å². The fourth-order valence-corrected chi connectivity index (χ4v) is 3.18. The summed E-state index contributed by atoms with van der Waals surface area (Å²) in [6.07, 6.45) is 0.669. The highest BCUT2D eigenvalue weighted by Gasteiger charge is 2.20. The van der Waals surface area contributed by atoms with E-state index in [1.54, 1.807) is 6.07 Å². The molecule has 30 heavy (non-hydrogen) atoms. The van der Waals surface area contributed by atoms with Gasteiger partial charge in [-0.2, -0.15) is 0 Å². The Kier molecular flexibility index (Phi) is 9.31. The second-order valence-electron chi connectivity index (χ2n) is 8.20. The van der Waals surface area contributed by atoms with Gasteiger partial charge in [0.25, 0.3) is 0 Å². The molecule has 0 fully saturated rings. The fourth-order valence-electron chi connectivity index (χ4n) is 2.72. The highest BCUT2D eigenvalue weighted by molar-refractivity contribution is 14.1. The van der Waals surface area contributed by atoms with Gasteiger partial charge in [-0.3, -0.25) is 4.79 Å². The van der Waals surface area contributed by atoms with Gasteiger partial charge in [0.1, 0.15) is 12.4 Å². The number of benzene rings is 2. The van der Waals surface area contributed by atoms with Gasteiger partial charge in [0.2, 0.25) is 0 Å². The summed E-state index contributed by atoms with van der Waals surface area (Å²) in [5.41, 5.74) is 0.170. The molecule has 0 amide bonds. The molecule has 0 heterocycles. The van der Waals surface area contributed by atoms with Crippen molar-refractivity contribution in [3.8, 4) is 0 Å². The molecule has 0 atom stereocenters. The fraction of sp³-hybridized carbons (Fsp3) is 0.435. The maximum atomic E-state index is 14.4. The summed E-state index contributed by atoms with van der Waals surface area (Å²) in [5.74, 6) is -3.26. The quantitative estimate of drug-likeness (QED) is 0.215. The Hall–Kier alpha value is -1.45. The van der Waals surface area contributed by atoms with E-state index in [0.29, 0.717) is 16.8 Å². The molecule has 0 aromatic heterocycles. The van der Waals surface area contributed by atoms with Crippen LogP contribution < -0.4 is 0 Å². The number of halogens is 4. The van der Waals surface area contributed by atoms with Crippen LogP contribution in [0.1, 0.15) is 48.7 Å². The molecule has 0 bridgehead atoms. The van der Waals surface area contributed by atoms with E-state index < -0.39 is 23.2 Å². The van der Waals surface area contributed by atoms with Crippen LogP contribution >= 0.6 is 22.6 Å². The van der Waals surface area contributed by atoms with Crippen LogP contribution in [0.2, 0.25) is 0 Å². The van der Waals surface area contributed by atoms with Crippen molar-refractivity contribution < 1.29 is 27.4 Å². The molecule has 0 aliphatic heterocycles. The molecular formula is C23H26F3IO3. The topological polar surface area (TPSA) is 35.5 Å². The van der Waals surface area contributed by atoms with Crippen molar-refractivity contribution in [2.24, 2.45) is 5.41 Å². The summed E-state index contributed by atoms with van der Waals surface area (Å²) in [6.45, 7) is 7.20. The third-order valence-corrected chi connectivity index (χ3v) is 5.15. The Balaban J connectivity index is 1.99. The number of carbonyl (C=O) groups excluding carboxylic acids is 1. The van der Waals surface area contributed by atoms with E-state index in [1.807, 2.05) is 22.6 Å². The maximum Gasteiger partial charge on any atom is 0.188 e. The minimum absolute atomic E-state index is 0.0134. The first-order chi connectivity index (χ1) is 14.1. The summed E-state index contributed by atoms with van der Waals surface area (Å²) < 4.78 is 53.9. The first-order valence-electron chi connectivity index (χ1n) is 9.68. The molecule has 0 aliphatic rings. The number of Topliss-reactive ketones (excluding diaryl/α,β-unsaturated/α-hetero) is 1. The van der Waals surface area contributed by atoms with Gasteiger partial charge in [-0.15, -0.1) is 0 Å². The van der Waals surface area contributed by atoms with Gasteiger partial charge in [-0.1, -0.05) is 26.8 Å². The first kappa shape index (κ1) is 24.8. The second-order valence-corrected chi connectivity index (χ2v) is 9.44. The van der Waals surface area contributed by atoms with Crippen LogP contribution in [0, 0.1) is 26.4 Å². The number of carbonyl (C=O) groups is 1. The molecule has 0 saturated carbocycles. The number of ketones is 1. The zero-order valence-electron chi connectivity index (χ0n) is 17.4. The summed E-state index contributed by atoms with van der Waals surface area (Å²) >= 11 is 1.96. The van der Waals surface area contributed by atoms with Gasteiger partial charge in [0, 0.05) is 27.7 Å². The van der Waals surface area contributed by atoms with Crippen LogP contribution in [-0.2, 0) is 15.9 Å². The van der Waals surface area contributed by atoms with Crippen molar-refractivity contribution in [1.82, 2.24) is 0 Å². The number of hydrogen-bond donors (Lipinski definition) is 0. The Morgan fingerprint density at radius 1 is 0.967 bits per heavy atom. The molecule has 0 saturated heterocycles. The average Bonchev–Trinajstić information content (AvgIpc) is 2.65. The molecule has 0 unspecified atom stereocenters. The molecule has 164 valence electrons. The molecule has 2 aromatic carbocycles. The predicted octanol–water partition coefficient (Wildman–Crippen LogP) is 5.95. The van der Waals surface area contributed by atoms with Gasteiger partial charge in [0.15, 0.2) is 17.4 Å². The molecule has 0 N–H and O–H groups in total. The molecule has 0 spiro atoms. The van der Waals surface area contributed by atoms with E-state index in [-0.39, 0.29) is 41.7 Å². The molecule has 7 heteroatoms. The predicted molar refractivity (Wildman–Crippen MR) is 118 cm³/mol. The standard InChI is InChI=1S/C23H26F3IO3/c1-23(2,3)8-9-29-10-11-30-14-21(28)17-6-7-19(24)22(26)18(17)12-15-4-5-16(27)13-20(15)25/h4-7,13H,8-12,14H2,1-3H3. The lowest BCUT2D eigenvalue weighted by Gasteiger charge is -2.17. The SMILES string of the molecule is CC(C)(C)CCOCCOCC(=O)c1ccc(F)c(F)c1Cc1ccc(I)cc1F. The third-order valence-electron chi connectivity index (χ3n) is 4.48. The lowest BCUT2D eigenvalue weighted by Crippen LogP contribution is -2.17. The van der Waals surface area contributed by atoms with E-state index in [2.05, 4.69) is 20.8 Å². The molecule has 0 radical (unpaired) electrons. The van der Waals surface area contributed by atoms with Crippen molar-refractivity contribution in [3.05, 3.63) is 68.0 Å². The van der Waals surface area contributed by atoms with Gasteiger partial charge >= 0.3 is 0 Å². The van der Waals surface area contributed by atoms with E-state index >= 15 is 0 Å². The minimum atomic E-state index is -1.15. The zero-order valence-corrected chi connectivity index (χ0v) is 19.5. The third kappa shape index (κ3) is 7.67. The lowest BCUT2D eigenvalue weighted by atomic mass is 9.93. The number of rotatable bonds is 10.